The minimum absolute atomic E-state index is 0.0208. The van der Waals surface area contributed by atoms with E-state index in [1.54, 1.807) is 0 Å². The zero-order valence-electron chi connectivity index (χ0n) is 16.0. The van der Waals surface area contributed by atoms with Crippen molar-refractivity contribution in [3.63, 3.8) is 0 Å². The van der Waals surface area contributed by atoms with Crippen molar-refractivity contribution in [1.82, 2.24) is 10.2 Å². The zero-order valence-corrected chi connectivity index (χ0v) is 16.8. The molecule has 1 N–H and O–H groups in total. The number of halogens is 2. The molecule has 152 valence electrons. The van der Waals surface area contributed by atoms with Gasteiger partial charge in [0.2, 0.25) is 11.8 Å². The first kappa shape index (κ1) is 19.6. The van der Waals surface area contributed by atoms with Crippen molar-refractivity contribution in [2.24, 2.45) is 11.8 Å². The van der Waals surface area contributed by atoms with Gasteiger partial charge < -0.3 is 15.1 Å². The van der Waals surface area contributed by atoms with Crippen LogP contribution < -0.4 is 10.2 Å². The van der Waals surface area contributed by atoms with Crippen LogP contribution in [-0.4, -0.2) is 48.9 Å². The van der Waals surface area contributed by atoms with Crippen LogP contribution in [-0.2, 0) is 9.59 Å². The number of anilines is 1. The van der Waals surface area contributed by atoms with Gasteiger partial charge in [-0.05, 0) is 62.9 Å². The number of benzene rings is 1. The summed E-state index contributed by atoms with van der Waals surface area (Å²) in [4.78, 5) is 29.2. The standard InChI is InChI=1S/C21H27ClFN3O2/c22-17-11-16(6-7-18(17)23)26-13-15(10-20(26)27)21(28)24-12-14-4-3-9-25-8-2-1-5-19(14)25/h6-7,11,14-15,19H,1-5,8-10,12-13H2,(H,24,28)/t14-,15-,19-/m0/s1. The number of piperidine rings is 2. The number of nitrogens with zero attached hydrogens (tertiary/aromatic N) is 2. The molecular weight excluding hydrogens is 381 g/mol. The lowest BCUT2D eigenvalue weighted by Gasteiger charge is -2.44. The molecule has 3 saturated heterocycles. The van der Waals surface area contributed by atoms with Gasteiger partial charge in [0.15, 0.2) is 0 Å². The lowest BCUT2D eigenvalue weighted by Crippen LogP contribution is -2.51. The summed E-state index contributed by atoms with van der Waals surface area (Å²) >= 11 is 5.83. The Kier molecular flexibility index (Phi) is 5.88. The molecule has 0 saturated carbocycles. The van der Waals surface area contributed by atoms with Crippen molar-refractivity contribution in [3.8, 4) is 0 Å². The summed E-state index contributed by atoms with van der Waals surface area (Å²) in [6.07, 6.45) is 6.31. The van der Waals surface area contributed by atoms with Gasteiger partial charge in [0.1, 0.15) is 5.82 Å². The van der Waals surface area contributed by atoms with Gasteiger partial charge in [-0.15, -0.1) is 0 Å². The van der Waals surface area contributed by atoms with Crippen molar-refractivity contribution in [1.29, 1.82) is 0 Å². The van der Waals surface area contributed by atoms with E-state index in [-0.39, 0.29) is 29.2 Å². The fraction of sp³-hybridized carbons (Fsp3) is 0.619. The lowest BCUT2D eigenvalue weighted by molar-refractivity contribution is -0.126. The van der Waals surface area contributed by atoms with Gasteiger partial charge in [-0.2, -0.15) is 0 Å². The van der Waals surface area contributed by atoms with E-state index in [1.165, 1.54) is 61.9 Å². The van der Waals surface area contributed by atoms with Crippen molar-refractivity contribution in [3.05, 3.63) is 29.0 Å². The smallest absolute Gasteiger partial charge is 0.227 e. The SMILES string of the molecule is O=C(NC[C@@H]1CCCN2CCCC[C@@H]12)[C@H]1CC(=O)N(c2ccc(F)c(Cl)c2)C1. The Morgan fingerprint density at radius 3 is 2.86 bits per heavy atom. The van der Waals surface area contributed by atoms with E-state index in [9.17, 15) is 14.0 Å². The molecule has 0 radical (unpaired) electrons. The Labute approximate surface area is 170 Å². The van der Waals surface area contributed by atoms with E-state index in [0.717, 1.165) is 6.42 Å². The van der Waals surface area contributed by atoms with Crippen LogP contribution in [0.2, 0.25) is 5.02 Å². The molecule has 4 rings (SSSR count). The van der Waals surface area contributed by atoms with Gasteiger partial charge >= 0.3 is 0 Å². The van der Waals surface area contributed by atoms with Crippen LogP contribution in [0.15, 0.2) is 18.2 Å². The number of amides is 2. The minimum atomic E-state index is -0.518. The highest BCUT2D eigenvalue weighted by atomic mass is 35.5. The summed E-state index contributed by atoms with van der Waals surface area (Å²) in [5, 5.41) is 3.09. The number of carbonyl (C=O) groups is 2. The van der Waals surface area contributed by atoms with Crippen molar-refractivity contribution in [2.75, 3.05) is 31.1 Å². The van der Waals surface area contributed by atoms with E-state index in [4.69, 9.17) is 11.6 Å². The molecule has 3 atom stereocenters. The Morgan fingerprint density at radius 2 is 2.04 bits per heavy atom. The quantitative estimate of drug-likeness (QED) is 0.833. The maximum Gasteiger partial charge on any atom is 0.227 e. The van der Waals surface area contributed by atoms with Gasteiger partial charge in [0, 0.05) is 31.2 Å². The summed E-state index contributed by atoms with van der Waals surface area (Å²) in [6.45, 7) is 3.36. The zero-order chi connectivity index (χ0) is 19.7. The summed E-state index contributed by atoms with van der Waals surface area (Å²) < 4.78 is 13.4. The molecule has 2 amide bonds. The largest absolute Gasteiger partial charge is 0.355 e. The second-order valence-corrected chi connectivity index (χ2v) is 8.66. The van der Waals surface area contributed by atoms with Crippen LogP contribution >= 0.6 is 11.6 Å². The Balaban J connectivity index is 1.34. The third-order valence-electron chi connectivity index (χ3n) is 6.48. The molecule has 3 fully saturated rings. The van der Waals surface area contributed by atoms with Crippen LogP contribution in [0.25, 0.3) is 0 Å². The molecule has 0 spiro atoms. The lowest BCUT2D eigenvalue weighted by atomic mass is 9.83. The predicted molar refractivity (Wildman–Crippen MR) is 107 cm³/mol. The molecule has 0 bridgehead atoms. The number of nitrogens with one attached hydrogen (secondary N) is 1. The molecule has 3 aliphatic heterocycles. The van der Waals surface area contributed by atoms with Gasteiger partial charge in [-0.3, -0.25) is 9.59 Å². The highest BCUT2D eigenvalue weighted by molar-refractivity contribution is 6.31. The molecule has 0 unspecified atom stereocenters. The average molecular weight is 408 g/mol. The molecule has 28 heavy (non-hydrogen) atoms. The summed E-state index contributed by atoms with van der Waals surface area (Å²) in [5.74, 6) is -0.573. The topological polar surface area (TPSA) is 52.7 Å². The van der Waals surface area contributed by atoms with Crippen LogP contribution in [0, 0.1) is 17.7 Å². The van der Waals surface area contributed by atoms with E-state index in [1.807, 2.05) is 0 Å². The van der Waals surface area contributed by atoms with E-state index >= 15 is 0 Å². The van der Waals surface area contributed by atoms with Gasteiger partial charge in [-0.25, -0.2) is 4.39 Å². The summed E-state index contributed by atoms with van der Waals surface area (Å²) in [5.41, 5.74) is 0.539. The first-order chi connectivity index (χ1) is 13.5. The highest BCUT2D eigenvalue weighted by Crippen LogP contribution is 2.31. The first-order valence-corrected chi connectivity index (χ1v) is 10.7. The molecule has 1 aromatic carbocycles. The molecule has 3 heterocycles. The Hall–Kier alpha value is -1.66. The maximum atomic E-state index is 13.4. The van der Waals surface area contributed by atoms with Crippen molar-refractivity contribution >= 4 is 29.1 Å². The molecule has 1 aromatic rings. The van der Waals surface area contributed by atoms with E-state index in [2.05, 4.69) is 10.2 Å². The van der Waals surface area contributed by atoms with E-state index < -0.39 is 5.82 Å². The van der Waals surface area contributed by atoms with Gasteiger partial charge in [0.25, 0.3) is 0 Å². The molecule has 0 aliphatic carbocycles. The number of hydrogen-bond acceptors (Lipinski definition) is 3. The average Bonchev–Trinajstić information content (AvgIpc) is 3.10. The highest BCUT2D eigenvalue weighted by Gasteiger charge is 2.37. The Morgan fingerprint density at radius 1 is 1.21 bits per heavy atom. The monoisotopic (exact) mass is 407 g/mol. The van der Waals surface area contributed by atoms with Gasteiger partial charge in [-0.1, -0.05) is 18.0 Å². The third kappa shape index (κ3) is 4.03. The Bertz CT molecular complexity index is 757. The molecule has 0 aromatic heterocycles. The van der Waals surface area contributed by atoms with Crippen molar-refractivity contribution < 1.29 is 14.0 Å². The molecule has 3 aliphatic rings. The molecule has 7 heteroatoms. The number of fused-ring (bicyclic) bond motifs is 1. The number of hydrogen-bond donors (Lipinski definition) is 1. The summed E-state index contributed by atoms with van der Waals surface area (Å²) in [7, 11) is 0. The molecular formula is C21H27ClFN3O2. The summed E-state index contributed by atoms with van der Waals surface area (Å²) in [6, 6.07) is 4.80. The van der Waals surface area contributed by atoms with Crippen LogP contribution in [0.3, 0.4) is 0 Å². The predicted octanol–water partition coefficient (Wildman–Crippen LogP) is 3.21. The van der Waals surface area contributed by atoms with Crippen LogP contribution in [0.4, 0.5) is 10.1 Å². The van der Waals surface area contributed by atoms with Crippen LogP contribution in [0.5, 0.6) is 0 Å². The second-order valence-electron chi connectivity index (χ2n) is 8.25. The fourth-order valence-corrected chi connectivity index (χ4v) is 5.15. The number of carbonyl (C=O) groups excluding carboxylic acids is 2. The fourth-order valence-electron chi connectivity index (χ4n) is 4.98. The van der Waals surface area contributed by atoms with E-state index in [0.29, 0.717) is 30.7 Å². The van der Waals surface area contributed by atoms with Crippen LogP contribution in [0.1, 0.15) is 38.5 Å². The first-order valence-electron chi connectivity index (χ1n) is 10.3. The normalized spacial score (nSPS) is 28.3. The van der Waals surface area contributed by atoms with Crippen molar-refractivity contribution in [2.45, 2.75) is 44.6 Å². The van der Waals surface area contributed by atoms with Gasteiger partial charge in [0.05, 0.1) is 10.9 Å². The third-order valence-corrected chi connectivity index (χ3v) is 6.77. The minimum Gasteiger partial charge on any atom is -0.355 e. The second kappa shape index (κ2) is 8.37. The molecule has 5 nitrogen and oxygen atoms in total. The maximum absolute atomic E-state index is 13.4. The number of rotatable bonds is 4.